The molecule has 4 rings (SSSR count). The van der Waals surface area contributed by atoms with Crippen LogP contribution < -0.4 is 4.74 Å². The highest BCUT2D eigenvalue weighted by atomic mass is 16.5. The van der Waals surface area contributed by atoms with Gasteiger partial charge < -0.3 is 14.2 Å². The quantitative estimate of drug-likeness (QED) is 0.634. The summed E-state index contributed by atoms with van der Waals surface area (Å²) in [4.78, 5) is 27.5. The Bertz CT molecular complexity index is 1040. The Morgan fingerprint density at radius 3 is 2.76 bits per heavy atom. The van der Waals surface area contributed by atoms with Gasteiger partial charge >= 0.3 is 0 Å². The van der Waals surface area contributed by atoms with Gasteiger partial charge in [0.05, 0.1) is 18.3 Å². The standard InChI is InChI=1S/C20H27N7O2/c1-5-16(28)25-9-8-14(11-25)29-20-17-19(21-12-22-20)26(6-2)18(24-17)15-10-23-27(7-3)13(15)4/h10,12,14H,5-9,11H2,1-4H3/t14-/m0/s1. The molecule has 0 spiro atoms. The van der Waals surface area contributed by atoms with E-state index in [9.17, 15) is 4.79 Å². The van der Waals surface area contributed by atoms with E-state index in [1.807, 2.05) is 29.6 Å². The summed E-state index contributed by atoms with van der Waals surface area (Å²) < 4.78 is 10.2. The normalized spacial score (nSPS) is 16.7. The SMILES string of the molecule is CCC(=O)N1CC[C@H](Oc2ncnc3c2nc(-c2cnn(CC)c2C)n3CC)C1. The third kappa shape index (κ3) is 3.34. The largest absolute Gasteiger partial charge is 0.471 e. The maximum atomic E-state index is 11.9. The molecule has 9 nitrogen and oxygen atoms in total. The summed E-state index contributed by atoms with van der Waals surface area (Å²) in [6.45, 7) is 10.9. The van der Waals surface area contributed by atoms with Crippen LogP contribution in [0.4, 0.5) is 0 Å². The van der Waals surface area contributed by atoms with Gasteiger partial charge in [-0.25, -0.2) is 9.97 Å². The van der Waals surface area contributed by atoms with E-state index >= 15 is 0 Å². The molecule has 0 aliphatic carbocycles. The molecule has 1 amide bonds. The maximum Gasteiger partial charge on any atom is 0.245 e. The predicted octanol–water partition coefficient (Wildman–Crippen LogP) is 2.43. The van der Waals surface area contributed by atoms with Gasteiger partial charge in [-0.3, -0.25) is 9.48 Å². The number of hydrogen-bond acceptors (Lipinski definition) is 6. The minimum Gasteiger partial charge on any atom is -0.471 e. The molecule has 154 valence electrons. The third-order valence-electron chi connectivity index (χ3n) is 5.54. The number of amides is 1. The molecular weight excluding hydrogens is 370 g/mol. The highest BCUT2D eigenvalue weighted by Gasteiger charge is 2.28. The van der Waals surface area contributed by atoms with Crippen molar-refractivity contribution in [3.63, 3.8) is 0 Å². The lowest BCUT2D eigenvalue weighted by Gasteiger charge is -2.16. The average Bonchev–Trinajstić information content (AvgIpc) is 3.44. The molecule has 0 radical (unpaired) electrons. The number of carbonyl (C=O) groups excluding carboxylic acids is 1. The summed E-state index contributed by atoms with van der Waals surface area (Å²) in [5.74, 6) is 1.45. The zero-order chi connectivity index (χ0) is 20.5. The van der Waals surface area contributed by atoms with Gasteiger partial charge in [-0.1, -0.05) is 6.92 Å². The Kier molecular flexibility index (Phi) is 5.21. The van der Waals surface area contributed by atoms with E-state index in [-0.39, 0.29) is 12.0 Å². The van der Waals surface area contributed by atoms with Crippen LogP contribution in [0, 0.1) is 6.92 Å². The first-order chi connectivity index (χ1) is 14.1. The van der Waals surface area contributed by atoms with Crippen LogP contribution in [0.5, 0.6) is 5.88 Å². The van der Waals surface area contributed by atoms with Crippen LogP contribution in [0.25, 0.3) is 22.6 Å². The molecule has 0 unspecified atom stereocenters. The van der Waals surface area contributed by atoms with E-state index in [0.717, 1.165) is 48.8 Å². The van der Waals surface area contributed by atoms with Gasteiger partial charge in [0, 0.05) is 38.2 Å². The van der Waals surface area contributed by atoms with Crippen LogP contribution in [-0.4, -0.2) is 59.3 Å². The lowest BCUT2D eigenvalue weighted by Crippen LogP contribution is -2.30. The smallest absolute Gasteiger partial charge is 0.245 e. The first kappa shape index (κ1) is 19.4. The van der Waals surface area contributed by atoms with E-state index in [2.05, 4.69) is 33.5 Å². The van der Waals surface area contributed by atoms with Crippen LogP contribution in [0.15, 0.2) is 12.5 Å². The van der Waals surface area contributed by atoms with Crippen molar-refractivity contribution in [2.75, 3.05) is 13.1 Å². The number of likely N-dealkylation sites (tertiary alicyclic amines) is 1. The molecule has 0 aromatic carbocycles. The van der Waals surface area contributed by atoms with Gasteiger partial charge in [0.15, 0.2) is 11.2 Å². The highest BCUT2D eigenvalue weighted by molar-refractivity contribution is 5.81. The molecule has 3 aromatic heterocycles. The van der Waals surface area contributed by atoms with E-state index in [1.165, 1.54) is 6.33 Å². The lowest BCUT2D eigenvalue weighted by atomic mass is 10.2. The molecule has 1 aliphatic heterocycles. The van der Waals surface area contributed by atoms with Crippen molar-refractivity contribution in [3.8, 4) is 17.3 Å². The Balaban J connectivity index is 1.69. The van der Waals surface area contributed by atoms with Gasteiger partial charge in [-0.05, 0) is 20.8 Å². The third-order valence-corrected chi connectivity index (χ3v) is 5.54. The minimum absolute atomic E-state index is 0.0802. The highest BCUT2D eigenvalue weighted by Crippen LogP contribution is 2.30. The van der Waals surface area contributed by atoms with E-state index < -0.39 is 0 Å². The maximum absolute atomic E-state index is 11.9. The number of imidazole rings is 1. The Morgan fingerprint density at radius 1 is 1.24 bits per heavy atom. The van der Waals surface area contributed by atoms with Crippen molar-refractivity contribution in [2.24, 2.45) is 0 Å². The van der Waals surface area contributed by atoms with Gasteiger partial charge in [0.2, 0.25) is 11.8 Å². The molecule has 1 aliphatic rings. The number of rotatable bonds is 6. The number of nitrogens with zero attached hydrogens (tertiary/aromatic N) is 7. The van der Waals surface area contributed by atoms with Crippen molar-refractivity contribution in [3.05, 3.63) is 18.2 Å². The molecule has 0 saturated carbocycles. The first-order valence-corrected chi connectivity index (χ1v) is 10.3. The number of hydrogen-bond donors (Lipinski definition) is 0. The average molecular weight is 397 g/mol. The zero-order valence-corrected chi connectivity index (χ0v) is 17.4. The summed E-state index contributed by atoms with van der Waals surface area (Å²) in [5.41, 5.74) is 3.44. The Labute approximate surface area is 169 Å². The van der Waals surface area contributed by atoms with Crippen molar-refractivity contribution in [2.45, 2.75) is 59.7 Å². The summed E-state index contributed by atoms with van der Waals surface area (Å²) in [5, 5.41) is 4.45. The molecular formula is C20H27N7O2. The van der Waals surface area contributed by atoms with Crippen LogP contribution in [0.3, 0.4) is 0 Å². The first-order valence-electron chi connectivity index (χ1n) is 10.3. The summed E-state index contributed by atoms with van der Waals surface area (Å²) in [6.07, 6.45) is 4.59. The summed E-state index contributed by atoms with van der Waals surface area (Å²) >= 11 is 0. The van der Waals surface area contributed by atoms with Crippen molar-refractivity contribution in [1.82, 2.24) is 34.2 Å². The molecule has 0 N–H and O–H groups in total. The Hall–Kier alpha value is -2.97. The molecule has 29 heavy (non-hydrogen) atoms. The Morgan fingerprint density at radius 2 is 2.07 bits per heavy atom. The van der Waals surface area contributed by atoms with Crippen LogP contribution in [-0.2, 0) is 17.9 Å². The van der Waals surface area contributed by atoms with E-state index in [1.54, 1.807) is 0 Å². The molecule has 9 heteroatoms. The fraction of sp³-hybridized carbons (Fsp3) is 0.550. The monoisotopic (exact) mass is 397 g/mol. The van der Waals surface area contributed by atoms with Crippen LogP contribution >= 0.6 is 0 Å². The second-order valence-corrected chi connectivity index (χ2v) is 7.21. The second kappa shape index (κ2) is 7.81. The van der Waals surface area contributed by atoms with Crippen LogP contribution in [0.2, 0.25) is 0 Å². The van der Waals surface area contributed by atoms with Gasteiger partial charge in [-0.2, -0.15) is 10.1 Å². The van der Waals surface area contributed by atoms with Gasteiger partial charge in [0.25, 0.3) is 0 Å². The van der Waals surface area contributed by atoms with E-state index in [4.69, 9.17) is 9.72 Å². The number of carbonyl (C=O) groups is 1. The van der Waals surface area contributed by atoms with Gasteiger partial charge in [-0.15, -0.1) is 0 Å². The van der Waals surface area contributed by atoms with Crippen molar-refractivity contribution >= 4 is 17.1 Å². The molecule has 4 heterocycles. The zero-order valence-electron chi connectivity index (χ0n) is 17.4. The minimum atomic E-state index is -0.0802. The predicted molar refractivity (Wildman–Crippen MR) is 109 cm³/mol. The van der Waals surface area contributed by atoms with Crippen molar-refractivity contribution in [1.29, 1.82) is 0 Å². The molecule has 1 saturated heterocycles. The van der Waals surface area contributed by atoms with Gasteiger partial charge in [0.1, 0.15) is 18.3 Å². The van der Waals surface area contributed by atoms with Crippen LogP contribution in [0.1, 0.15) is 39.3 Å². The number of aromatic nitrogens is 6. The number of ether oxygens (including phenoxy) is 1. The molecule has 1 fully saturated rings. The molecule has 3 aromatic rings. The lowest BCUT2D eigenvalue weighted by molar-refractivity contribution is -0.130. The fourth-order valence-corrected chi connectivity index (χ4v) is 3.92. The number of aryl methyl sites for hydroxylation is 2. The summed E-state index contributed by atoms with van der Waals surface area (Å²) in [6, 6.07) is 0. The topological polar surface area (TPSA) is 91.0 Å². The molecule has 1 atom stereocenters. The fourth-order valence-electron chi connectivity index (χ4n) is 3.92. The second-order valence-electron chi connectivity index (χ2n) is 7.21. The number of fused-ring (bicyclic) bond motifs is 1. The van der Waals surface area contributed by atoms with Crippen molar-refractivity contribution < 1.29 is 9.53 Å². The molecule has 0 bridgehead atoms. The summed E-state index contributed by atoms with van der Waals surface area (Å²) in [7, 11) is 0. The van der Waals surface area contributed by atoms with E-state index in [0.29, 0.717) is 24.4 Å².